The first-order valence-electron chi connectivity index (χ1n) is 8.41. The van der Waals surface area contributed by atoms with Crippen molar-refractivity contribution in [1.29, 1.82) is 0 Å². The van der Waals surface area contributed by atoms with Crippen LogP contribution in [0.15, 0.2) is 0 Å². The van der Waals surface area contributed by atoms with Gasteiger partial charge in [-0.2, -0.15) is 0 Å². The lowest BCUT2D eigenvalue weighted by molar-refractivity contribution is -0.135. The summed E-state index contributed by atoms with van der Waals surface area (Å²) in [4.78, 5) is 14.5. The number of rotatable bonds is 10. The van der Waals surface area contributed by atoms with Crippen molar-refractivity contribution in [2.45, 2.75) is 77.4 Å². The molecule has 4 heteroatoms. The largest absolute Gasteiger partial charge is 0.391 e. The van der Waals surface area contributed by atoms with E-state index < -0.39 is 6.10 Å². The molecule has 1 rings (SSSR count). The molecule has 0 bridgehead atoms. The highest BCUT2D eigenvalue weighted by Crippen LogP contribution is 2.12. The Balaban J connectivity index is 2.44. The molecule has 2 N–H and O–H groups in total. The Morgan fingerprint density at radius 3 is 2.25 bits per heavy atom. The molecule has 1 fully saturated rings. The fourth-order valence-electron chi connectivity index (χ4n) is 2.75. The highest BCUT2D eigenvalue weighted by molar-refractivity contribution is 5.83. The van der Waals surface area contributed by atoms with E-state index in [1.165, 1.54) is 32.1 Å². The maximum absolute atomic E-state index is 12.5. The number of aliphatic hydroxyl groups excluding tert-OH is 1. The predicted molar refractivity (Wildman–Crippen MR) is 82.7 cm³/mol. The first-order chi connectivity index (χ1) is 9.70. The molecule has 0 aromatic heterocycles. The van der Waals surface area contributed by atoms with Crippen LogP contribution in [0.2, 0.25) is 0 Å². The molecule has 1 aliphatic heterocycles. The zero-order valence-corrected chi connectivity index (χ0v) is 13.2. The van der Waals surface area contributed by atoms with Crippen LogP contribution < -0.4 is 5.32 Å². The second-order valence-electron chi connectivity index (χ2n) is 5.88. The second-order valence-corrected chi connectivity index (χ2v) is 5.88. The second kappa shape index (κ2) is 10.2. The van der Waals surface area contributed by atoms with Crippen LogP contribution in [0.1, 0.15) is 65.2 Å². The normalized spacial score (nSPS) is 22.1. The van der Waals surface area contributed by atoms with Crippen molar-refractivity contribution in [1.82, 2.24) is 10.2 Å². The number of aliphatic hydroxyl groups is 1. The van der Waals surface area contributed by atoms with E-state index in [2.05, 4.69) is 19.2 Å². The highest BCUT2D eigenvalue weighted by atomic mass is 16.3. The van der Waals surface area contributed by atoms with Crippen molar-refractivity contribution >= 4 is 5.91 Å². The standard InChI is InChI=1S/C16H32N2O2/c1-3-5-7-9-13-18(12-8-6-4-2)16(20)15-14(19)10-11-17-15/h14-15,17,19H,3-13H2,1-2H3/t14?,15-/m0/s1. The number of carbonyl (C=O) groups is 1. The average Bonchev–Trinajstić information content (AvgIpc) is 2.87. The van der Waals surface area contributed by atoms with Crippen molar-refractivity contribution in [3.8, 4) is 0 Å². The van der Waals surface area contributed by atoms with Crippen LogP contribution >= 0.6 is 0 Å². The van der Waals surface area contributed by atoms with Crippen molar-refractivity contribution in [3.05, 3.63) is 0 Å². The van der Waals surface area contributed by atoms with Gasteiger partial charge in [-0.05, 0) is 25.8 Å². The van der Waals surface area contributed by atoms with E-state index in [-0.39, 0.29) is 11.9 Å². The van der Waals surface area contributed by atoms with Crippen LogP contribution in [0, 0.1) is 0 Å². The van der Waals surface area contributed by atoms with Gasteiger partial charge >= 0.3 is 0 Å². The monoisotopic (exact) mass is 284 g/mol. The van der Waals surface area contributed by atoms with Crippen molar-refractivity contribution in [2.24, 2.45) is 0 Å². The number of nitrogens with one attached hydrogen (secondary N) is 1. The van der Waals surface area contributed by atoms with Crippen molar-refractivity contribution < 1.29 is 9.90 Å². The van der Waals surface area contributed by atoms with Gasteiger partial charge in [0.1, 0.15) is 6.04 Å². The minimum Gasteiger partial charge on any atom is -0.391 e. The Morgan fingerprint density at radius 2 is 1.70 bits per heavy atom. The third kappa shape index (κ3) is 5.80. The molecule has 1 aliphatic rings. The molecule has 4 nitrogen and oxygen atoms in total. The maximum atomic E-state index is 12.5. The summed E-state index contributed by atoms with van der Waals surface area (Å²) < 4.78 is 0. The van der Waals surface area contributed by atoms with Gasteiger partial charge in [0.25, 0.3) is 0 Å². The quantitative estimate of drug-likeness (QED) is 0.605. The zero-order chi connectivity index (χ0) is 14.8. The Hall–Kier alpha value is -0.610. The van der Waals surface area contributed by atoms with Gasteiger partial charge in [0, 0.05) is 13.1 Å². The van der Waals surface area contributed by atoms with E-state index in [1.807, 2.05) is 4.90 Å². The van der Waals surface area contributed by atoms with E-state index in [4.69, 9.17) is 0 Å². The van der Waals surface area contributed by atoms with Crippen LogP contribution in [-0.4, -0.2) is 47.7 Å². The van der Waals surface area contributed by atoms with E-state index in [0.29, 0.717) is 6.42 Å². The van der Waals surface area contributed by atoms with Crippen LogP contribution in [0.25, 0.3) is 0 Å². The third-order valence-electron chi connectivity index (χ3n) is 4.08. The Labute approximate surface area is 123 Å². The molecule has 0 spiro atoms. The Kier molecular flexibility index (Phi) is 8.86. The number of nitrogens with zero attached hydrogens (tertiary/aromatic N) is 1. The van der Waals surface area contributed by atoms with E-state index in [0.717, 1.165) is 32.5 Å². The van der Waals surface area contributed by atoms with E-state index >= 15 is 0 Å². The minimum absolute atomic E-state index is 0.0996. The third-order valence-corrected chi connectivity index (χ3v) is 4.08. The summed E-state index contributed by atoms with van der Waals surface area (Å²) in [5, 5.41) is 13.0. The lowest BCUT2D eigenvalue weighted by Crippen LogP contribution is -2.48. The zero-order valence-electron chi connectivity index (χ0n) is 13.2. The number of carbonyl (C=O) groups excluding carboxylic acids is 1. The molecule has 1 amide bonds. The molecule has 2 atom stereocenters. The van der Waals surface area contributed by atoms with Gasteiger partial charge in [0.05, 0.1) is 6.10 Å². The topological polar surface area (TPSA) is 52.6 Å². The van der Waals surface area contributed by atoms with Crippen LogP contribution in [0.4, 0.5) is 0 Å². The summed E-state index contributed by atoms with van der Waals surface area (Å²) >= 11 is 0. The van der Waals surface area contributed by atoms with Crippen molar-refractivity contribution in [3.63, 3.8) is 0 Å². The van der Waals surface area contributed by atoms with E-state index in [1.54, 1.807) is 0 Å². The van der Waals surface area contributed by atoms with Gasteiger partial charge in [-0.3, -0.25) is 4.79 Å². The summed E-state index contributed by atoms with van der Waals surface area (Å²) in [5.74, 6) is 0.0996. The predicted octanol–water partition coefficient (Wildman–Crippen LogP) is 2.31. The Morgan fingerprint density at radius 1 is 1.10 bits per heavy atom. The SMILES string of the molecule is CCCCCCN(CCCCC)C(=O)[C@H]1NCCC1O. The smallest absolute Gasteiger partial charge is 0.242 e. The number of unbranched alkanes of at least 4 members (excludes halogenated alkanes) is 5. The molecule has 1 heterocycles. The number of amides is 1. The fraction of sp³-hybridized carbons (Fsp3) is 0.938. The van der Waals surface area contributed by atoms with Crippen LogP contribution in [0.5, 0.6) is 0 Å². The van der Waals surface area contributed by atoms with Gasteiger partial charge in [-0.25, -0.2) is 0 Å². The summed E-state index contributed by atoms with van der Waals surface area (Å²) in [6.07, 6.45) is 8.30. The molecule has 0 aliphatic carbocycles. The van der Waals surface area contributed by atoms with Gasteiger partial charge in [0.15, 0.2) is 0 Å². The molecule has 1 unspecified atom stereocenters. The molecular formula is C16H32N2O2. The molecule has 0 aromatic carbocycles. The molecule has 118 valence electrons. The lowest BCUT2D eigenvalue weighted by Gasteiger charge is -2.27. The number of hydrogen-bond donors (Lipinski definition) is 2. The van der Waals surface area contributed by atoms with Gasteiger partial charge in [-0.15, -0.1) is 0 Å². The first kappa shape index (κ1) is 17.4. The molecule has 1 saturated heterocycles. The molecular weight excluding hydrogens is 252 g/mol. The summed E-state index contributed by atoms with van der Waals surface area (Å²) in [5.41, 5.74) is 0. The Bertz CT molecular complexity index is 271. The molecule has 0 radical (unpaired) electrons. The summed E-state index contributed by atoms with van der Waals surface area (Å²) in [7, 11) is 0. The van der Waals surface area contributed by atoms with Crippen LogP contribution in [-0.2, 0) is 4.79 Å². The molecule has 20 heavy (non-hydrogen) atoms. The maximum Gasteiger partial charge on any atom is 0.242 e. The van der Waals surface area contributed by atoms with Crippen molar-refractivity contribution in [2.75, 3.05) is 19.6 Å². The molecule has 0 saturated carbocycles. The van der Waals surface area contributed by atoms with Crippen LogP contribution in [0.3, 0.4) is 0 Å². The molecule has 0 aromatic rings. The average molecular weight is 284 g/mol. The summed E-state index contributed by atoms with van der Waals surface area (Å²) in [6, 6.07) is -0.372. The fourth-order valence-corrected chi connectivity index (χ4v) is 2.75. The lowest BCUT2D eigenvalue weighted by atomic mass is 10.1. The van der Waals surface area contributed by atoms with Gasteiger partial charge in [0.2, 0.25) is 5.91 Å². The number of hydrogen-bond acceptors (Lipinski definition) is 3. The van der Waals surface area contributed by atoms with Gasteiger partial charge < -0.3 is 15.3 Å². The summed E-state index contributed by atoms with van der Waals surface area (Å²) in [6.45, 7) is 6.80. The highest BCUT2D eigenvalue weighted by Gasteiger charge is 2.33. The van der Waals surface area contributed by atoms with Gasteiger partial charge in [-0.1, -0.05) is 46.0 Å². The van der Waals surface area contributed by atoms with E-state index in [9.17, 15) is 9.90 Å². The minimum atomic E-state index is -0.508. The first-order valence-corrected chi connectivity index (χ1v) is 8.41.